The first-order chi connectivity index (χ1) is 9.29. The molecule has 0 radical (unpaired) electrons. The van der Waals surface area contributed by atoms with Crippen molar-refractivity contribution >= 4 is 5.97 Å². The van der Waals surface area contributed by atoms with Gasteiger partial charge in [0.1, 0.15) is 0 Å². The molecule has 1 N–H and O–H groups in total. The third-order valence-electron chi connectivity index (χ3n) is 3.44. The summed E-state index contributed by atoms with van der Waals surface area (Å²) in [6, 6.07) is 4.32. The fraction of sp³-hybridized carbons (Fsp3) is 0.562. The van der Waals surface area contributed by atoms with Crippen LogP contribution in [0, 0.1) is 20.8 Å². The van der Waals surface area contributed by atoms with E-state index in [1.807, 2.05) is 19.0 Å². The fourth-order valence-corrected chi connectivity index (χ4v) is 2.43. The van der Waals surface area contributed by atoms with Gasteiger partial charge in [-0.1, -0.05) is 17.7 Å². The van der Waals surface area contributed by atoms with E-state index in [4.69, 9.17) is 5.11 Å². The number of nitrogens with zero attached hydrogens (tertiary/aromatic N) is 2. The number of aryl methyl sites for hydroxylation is 3. The van der Waals surface area contributed by atoms with Gasteiger partial charge in [0.2, 0.25) is 0 Å². The Balaban J connectivity index is 2.85. The Labute approximate surface area is 122 Å². The van der Waals surface area contributed by atoms with E-state index in [0.717, 1.165) is 13.1 Å². The molecule has 0 aliphatic heterocycles. The molecule has 0 aromatic heterocycles. The highest BCUT2D eigenvalue weighted by atomic mass is 16.4. The first-order valence-corrected chi connectivity index (χ1v) is 6.95. The molecule has 112 valence electrons. The Hall–Kier alpha value is -1.39. The van der Waals surface area contributed by atoms with Gasteiger partial charge in [0.05, 0.1) is 6.54 Å². The molecular formula is C16H26N2O2. The second-order valence-corrected chi connectivity index (χ2v) is 5.78. The summed E-state index contributed by atoms with van der Waals surface area (Å²) in [5.74, 6) is -0.772. The number of carboxylic acids is 1. The molecule has 0 aliphatic rings. The quantitative estimate of drug-likeness (QED) is 0.829. The van der Waals surface area contributed by atoms with Crippen LogP contribution in [0.4, 0.5) is 0 Å². The van der Waals surface area contributed by atoms with Crippen molar-refractivity contribution in [3.05, 3.63) is 34.4 Å². The van der Waals surface area contributed by atoms with Crippen molar-refractivity contribution in [2.45, 2.75) is 27.3 Å². The zero-order valence-electron chi connectivity index (χ0n) is 13.2. The zero-order valence-corrected chi connectivity index (χ0v) is 13.2. The normalized spacial score (nSPS) is 11.3. The van der Waals surface area contributed by atoms with Crippen molar-refractivity contribution in [3.8, 4) is 0 Å². The molecule has 0 saturated heterocycles. The van der Waals surface area contributed by atoms with Gasteiger partial charge in [0, 0.05) is 19.6 Å². The molecule has 0 spiro atoms. The van der Waals surface area contributed by atoms with Crippen LogP contribution in [0.5, 0.6) is 0 Å². The molecule has 0 heterocycles. The van der Waals surface area contributed by atoms with Gasteiger partial charge in [-0.2, -0.15) is 0 Å². The Morgan fingerprint density at radius 3 is 2.10 bits per heavy atom. The van der Waals surface area contributed by atoms with Crippen molar-refractivity contribution in [3.63, 3.8) is 0 Å². The summed E-state index contributed by atoms with van der Waals surface area (Å²) in [4.78, 5) is 15.1. The lowest BCUT2D eigenvalue weighted by Crippen LogP contribution is -2.35. The summed E-state index contributed by atoms with van der Waals surface area (Å²) < 4.78 is 0. The van der Waals surface area contributed by atoms with E-state index in [-0.39, 0.29) is 6.54 Å². The third kappa shape index (κ3) is 5.31. The number of hydrogen-bond donors (Lipinski definition) is 1. The van der Waals surface area contributed by atoms with Crippen molar-refractivity contribution in [1.29, 1.82) is 0 Å². The van der Waals surface area contributed by atoms with Gasteiger partial charge in [-0.25, -0.2) is 0 Å². The third-order valence-corrected chi connectivity index (χ3v) is 3.44. The van der Waals surface area contributed by atoms with E-state index in [1.54, 1.807) is 0 Å². The van der Waals surface area contributed by atoms with Crippen LogP contribution in [-0.2, 0) is 11.3 Å². The number of likely N-dealkylation sites (N-methyl/N-ethyl adjacent to an activating group) is 1. The summed E-state index contributed by atoms with van der Waals surface area (Å²) in [5, 5.41) is 9.05. The molecule has 0 amide bonds. The molecule has 0 unspecified atom stereocenters. The lowest BCUT2D eigenvalue weighted by Gasteiger charge is -2.24. The minimum Gasteiger partial charge on any atom is -0.480 e. The molecule has 4 nitrogen and oxygen atoms in total. The second kappa shape index (κ2) is 7.41. The maximum absolute atomic E-state index is 11.0. The second-order valence-electron chi connectivity index (χ2n) is 5.78. The molecule has 1 aromatic rings. The van der Waals surface area contributed by atoms with Crippen LogP contribution in [0.25, 0.3) is 0 Å². The van der Waals surface area contributed by atoms with Crippen LogP contribution < -0.4 is 0 Å². The average Bonchev–Trinajstić information content (AvgIpc) is 2.29. The maximum atomic E-state index is 11.0. The molecule has 20 heavy (non-hydrogen) atoms. The number of carbonyl (C=O) groups is 1. The number of benzene rings is 1. The number of hydrogen-bond acceptors (Lipinski definition) is 3. The van der Waals surface area contributed by atoms with Crippen LogP contribution in [0.2, 0.25) is 0 Å². The van der Waals surface area contributed by atoms with Crippen molar-refractivity contribution < 1.29 is 9.90 Å². The van der Waals surface area contributed by atoms with Crippen LogP contribution in [-0.4, -0.2) is 54.6 Å². The minimum absolute atomic E-state index is 0.0839. The number of aliphatic carboxylic acids is 1. The molecule has 0 fully saturated rings. The predicted molar refractivity (Wildman–Crippen MR) is 82.1 cm³/mol. The SMILES string of the molecule is Cc1cc(C)c(CN(CCN(C)C)CC(=O)O)c(C)c1. The molecule has 0 aliphatic carbocycles. The number of carboxylic acid groups (broad SMARTS) is 1. The van der Waals surface area contributed by atoms with Crippen molar-refractivity contribution in [1.82, 2.24) is 9.80 Å². The Bertz CT molecular complexity index is 447. The average molecular weight is 278 g/mol. The van der Waals surface area contributed by atoms with Crippen molar-refractivity contribution in [2.75, 3.05) is 33.7 Å². The Kier molecular flexibility index (Phi) is 6.17. The van der Waals surface area contributed by atoms with E-state index in [1.165, 1.54) is 22.3 Å². The van der Waals surface area contributed by atoms with Gasteiger partial charge in [-0.15, -0.1) is 0 Å². The lowest BCUT2D eigenvalue weighted by atomic mass is 9.99. The van der Waals surface area contributed by atoms with E-state index < -0.39 is 5.97 Å². The Morgan fingerprint density at radius 1 is 1.10 bits per heavy atom. The monoisotopic (exact) mass is 278 g/mol. The van der Waals surface area contributed by atoms with Crippen LogP contribution in [0.15, 0.2) is 12.1 Å². The molecular weight excluding hydrogens is 252 g/mol. The predicted octanol–water partition coefficient (Wildman–Crippen LogP) is 2.06. The summed E-state index contributed by atoms with van der Waals surface area (Å²) in [5.41, 5.74) is 4.97. The summed E-state index contributed by atoms with van der Waals surface area (Å²) in [6.07, 6.45) is 0. The van der Waals surface area contributed by atoms with Crippen LogP contribution in [0.1, 0.15) is 22.3 Å². The van der Waals surface area contributed by atoms with Gasteiger partial charge in [0.15, 0.2) is 0 Å². The smallest absolute Gasteiger partial charge is 0.317 e. The fourth-order valence-electron chi connectivity index (χ4n) is 2.43. The zero-order chi connectivity index (χ0) is 15.3. The van der Waals surface area contributed by atoms with Gasteiger partial charge in [-0.3, -0.25) is 9.69 Å². The molecule has 1 aromatic carbocycles. The minimum atomic E-state index is -0.772. The van der Waals surface area contributed by atoms with E-state index >= 15 is 0 Å². The van der Waals surface area contributed by atoms with Gasteiger partial charge in [0.25, 0.3) is 0 Å². The van der Waals surface area contributed by atoms with E-state index in [9.17, 15) is 4.79 Å². The van der Waals surface area contributed by atoms with Gasteiger partial charge >= 0.3 is 5.97 Å². The molecule has 1 rings (SSSR count). The van der Waals surface area contributed by atoms with E-state index in [2.05, 4.69) is 37.8 Å². The summed E-state index contributed by atoms with van der Waals surface area (Å²) in [6.45, 7) is 8.67. The molecule has 0 saturated carbocycles. The first-order valence-electron chi connectivity index (χ1n) is 6.95. The maximum Gasteiger partial charge on any atom is 0.317 e. The van der Waals surface area contributed by atoms with Crippen molar-refractivity contribution in [2.24, 2.45) is 0 Å². The van der Waals surface area contributed by atoms with Gasteiger partial charge in [-0.05, 0) is 51.6 Å². The highest BCUT2D eigenvalue weighted by Crippen LogP contribution is 2.18. The standard InChI is InChI=1S/C16H26N2O2/c1-12-8-13(2)15(14(3)9-12)10-18(11-16(19)20)7-6-17(4)5/h8-9H,6-7,10-11H2,1-5H3,(H,19,20). The lowest BCUT2D eigenvalue weighted by molar-refractivity contribution is -0.138. The number of rotatable bonds is 7. The summed E-state index contributed by atoms with van der Waals surface area (Å²) in [7, 11) is 4.00. The summed E-state index contributed by atoms with van der Waals surface area (Å²) >= 11 is 0. The van der Waals surface area contributed by atoms with Crippen LogP contribution in [0.3, 0.4) is 0 Å². The van der Waals surface area contributed by atoms with Gasteiger partial charge < -0.3 is 10.0 Å². The molecule has 4 heteroatoms. The largest absolute Gasteiger partial charge is 0.480 e. The van der Waals surface area contributed by atoms with E-state index in [0.29, 0.717) is 6.54 Å². The highest BCUT2D eigenvalue weighted by molar-refractivity contribution is 5.69. The Morgan fingerprint density at radius 2 is 1.65 bits per heavy atom. The first kappa shape index (κ1) is 16.7. The topological polar surface area (TPSA) is 43.8 Å². The molecule has 0 bridgehead atoms. The molecule has 0 atom stereocenters. The van der Waals surface area contributed by atoms with Crippen LogP contribution >= 0.6 is 0 Å². The highest BCUT2D eigenvalue weighted by Gasteiger charge is 2.13.